The standard InChI is InChI=1S/C27H34N4O4/c28-21-8-5-18(6-9-21)15-30-27(33)23-4-2-12-31(23)26(32)14-22(20-3-1-11-29-16-20)19-7-10-24-25(13-19)35-17-34-24/h1,3,7,10-11,13,16,18,21-23H,2,4-6,8-9,12,14-15,17,28H2,(H,30,33)/t18?,21?,22?,23-/m0/s1. The maximum absolute atomic E-state index is 13.5. The van der Waals surface area contributed by atoms with Crippen molar-refractivity contribution in [3.05, 3.63) is 53.9 Å². The van der Waals surface area contributed by atoms with Crippen LogP contribution in [0.25, 0.3) is 0 Å². The number of nitrogens with one attached hydrogen (secondary N) is 1. The molecule has 2 fully saturated rings. The van der Waals surface area contributed by atoms with Gasteiger partial charge >= 0.3 is 0 Å². The molecule has 8 nitrogen and oxygen atoms in total. The molecule has 1 unspecified atom stereocenters. The second-order valence-electron chi connectivity index (χ2n) is 9.93. The number of carbonyl (C=O) groups is 2. The van der Waals surface area contributed by atoms with Crippen LogP contribution < -0.4 is 20.5 Å². The molecule has 1 aromatic heterocycles. The normalized spacial score (nSPS) is 24.3. The Morgan fingerprint density at radius 1 is 1.09 bits per heavy atom. The van der Waals surface area contributed by atoms with Gasteiger partial charge in [0.2, 0.25) is 18.6 Å². The van der Waals surface area contributed by atoms with Crippen molar-refractivity contribution in [2.24, 2.45) is 11.7 Å². The van der Waals surface area contributed by atoms with Gasteiger partial charge in [-0.25, -0.2) is 0 Å². The molecule has 1 saturated heterocycles. The summed E-state index contributed by atoms with van der Waals surface area (Å²) >= 11 is 0. The van der Waals surface area contributed by atoms with E-state index >= 15 is 0 Å². The zero-order valence-corrected chi connectivity index (χ0v) is 20.0. The molecule has 1 aromatic carbocycles. The first-order valence-electron chi connectivity index (χ1n) is 12.7. The van der Waals surface area contributed by atoms with Crippen molar-refractivity contribution in [1.82, 2.24) is 15.2 Å². The number of pyridine rings is 1. The number of benzene rings is 1. The number of likely N-dealkylation sites (tertiary alicyclic amines) is 1. The quantitative estimate of drug-likeness (QED) is 0.634. The van der Waals surface area contributed by atoms with Gasteiger partial charge in [-0.2, -0.15) is 0 Å². The zero-order chi connectivity index (χ0) is 24.2. The molecule has 0 radical (unpaired) electrons. The van der Waals surface area contributed by atoms with E-state index in [4.69, 9.17) is 15.2 Å². The Morgan fingerprint density at radius 2 is 1.91 bits per heavy atom. The van der Waals surface area contributed by atoms with Gasteiger partial charge in [-0.15, -0.1) is 0 Å². The lowest BCUT2D eigenvalue weighted by Crippen LogP contribution is -2.47. The molecule has 35 heavy (non-hydrogen) atoms. The highest BCUT2D eigenvalue weighted by atomic mass is 16.7. The van der Waals surface area contributed by atoms with Gasteiger partial charge in [0.15, 0.2) is 11.5 Å². The van der Waals surface area contributed by atoms with Crippen LogP contribution >= 0.6 is 0 Å². The first kappa shape index (κ1) is 23.6. The summed E-state index contributed by atoms with van der Waals surface area (Å²) in [5.41, 5.74) is 7.92. The average molecular weight is 479 g/mol. The number of amides is 2. The highest BCUT2D eigenvalue weighted by Crippen LogP contribution is 2.38. The van der Waals surface area contributed by atoms with Gasteiger partial charge in [0, 0.05) is 43.9 Å². The lowest BCUT2D eigenvalue weighted by Gasteiger charge is -2.29. The van der Waals surface area contributed by atoms with E-state index in [1.807, 2.05) is 30.3 Å². The van der Waals surface area contributed by atoms with Gasteiger partial charge in [0.25, 0.3) is 0 Å². The van der Waals surface area contributed by atoms with E-state index in [9.17, 15) is 9.59 Å². The Bertz CT molecular complexity index is 1040. The minimum atomic E-state index is -0.403. The summed E-state index contributed by atoms with van der Waals surface area (Å²) < 4.78 is 11.0. The first-order valence-corrected chi connectivity index (χ1v) is 12.7. The number of hydrogen-bond acceptors (Lipinski definition) is 6. The molecule has 2 aromatic rings. The van der Waals surface area contributed by atoms with Crippen LogP contribution in [0.1, 0.15) is 62.0 Å². The molecule has 3 N–H and O–H groups in total. The third-order valence-electron chi connectivity index (χ3n) is 7.60. The van der Waals surface area contributed by atoms with E-state index in [0.29, 0.717) is 43.0 Å². The summed E-state index contributed by atoms with van der Waals surface area (Å²) in [4.78, 5) is 32.6. The van der Waals surface area contributed by atoms with Crippen LogP contribution in [0.2, 0.25) is 0 Å². The van der Waals surface area contributed by atoms with E-state index < -0.39 is 6.04 Å². The Kier molecular flexibility index (Phi) is 7.18. The molecule has 0 bridgehead atoms. The van der Waals surface area contributed by atoms with E-state index in [2.05, 4.69) is 10.3 Å². The van der Waals surface area contributed by atoms with Crippen molar-refractivity contribution >= 4 is 11.8 Å². The van der Waals surface area contributed by atoms with Crippen molar-refractivity contribution in [3.63, 3.8) is 0 Å². The van der Waals surface area contributed by atoms with E-state index in [0.717, 1.165) is 43.2 Å². The number of rotatable bonds is 7. The van der Waals surface area contributed by atoms with Gasteiger partial charge in [0.05, 0.1) is 0 Å². The van der Waals surface area contributed by atoms with Crippen LogP contribution in [0.3, 0.4) is 0 Å². The lowest BCUT2D eigenvalue weighted by atomic mass is 9.86. The number of nitrogens with zero attached hydrogens (tertiary/aromatic N) is 2. The average Bonchev–Trinajstić information content (AvgIpc) is 3.57. The fraction of sp³-hybridized carbons (Fsp3) is 0.519. The predicted octanol–water partition coefficient (Wildman–Crippen LogP) is 2.96. The molecular weight excluding hydrogens is 444 g/mol. The zero-order valence-electron chi connectivity index (χ0n) is 20.0. The Balaban J connectivity index is 1.27. The summed E-state index contributed by atoms with van der Waals surface area (Å²) in [5, 5.41) is 3.12. The second-order valence-corrected chi connectivity index (χ2v) is 9.93. The number of hydrogen-bond donors (Lipinski definition) is 2. The van der Waals surface area contributed by atoms with Crippen LogP contribution in [0.5, 0.6) is 11.5 Å². The number of ether oxygens (including phenoxy) is 2. The summed E-state index contributed by atoms with van der Waals surface area (Å²) in [6.07, 6.45) is 9.46. The molecule has 2 atom stereocenters. The Morgan fingerprint density at radius 3 is 2.71 bits per heavy atom. The van der Waals surface area contributed by atoms with Crippen molar-refractivity contribution in [3.8, 4) is 11.5 Å². The highest BCUT2D eigenvalue weighted by Gasteiger charge is 2.35. The van der Waals surface area contributed by atoms with Crippen LogP contribution in [-0.2, 0) is 9.59 Å². The second kappa shape index (κ2) is 10.6. The molecule has 3 aliphatic rings. The van der Waals surface area contributed by atoms with E-state index in [1.165, 1.54) is 0 Å². The van der Waals surface area contributed by atoms with Crippen LogP contribution in [-0.4, -0.2) is 53.7 Å². The smallest absolute Gasteiger partial charge is 0.242 e. The van der Waals surface area contributed by atoms with E-state index in [-0.39, 0.29) is 30.9 Å². The Hall–Kier alpha value is -3.13. The summed E-state index contributed by atoms with van der Waals surface area (Å²) in [6, 6.07) is 9.56. The van der Waals surface area contributed by atoms with Crippen molar-refractivity contribution < 1.29 is 19.1 Å². The SMILES string of the molecule is NC1CCC(CNC(=O)[C@@H]2CCCN2C(=O)CC(c2cccnc2)c2ccc3c(c2)OCO3)CC1. The van der Waals surface area contributed by atoms with Gasteiger partial charge in [-0.3, -0.25) is 14.6 Å². The topological polar surface area (TPSA) is 107 Å². The number of aromatic nitrogens is 1. The third kappa shape index (κ3) is 5.42. The van der Waals surface area contributed by atoms with Crippen LogP contribution in [0.4, 0.5) is 0 Å². The molecule has 1 saturated carbocycles. The van der Waals surface area contributed by atoms with Gasteiger partial charge in [0.1, 0.15) is 6.04 Å². The molecule has 1 aliphatic carbocycles. The summed E-state index contributed by atoms with van der Waals surface area (Å²) in [6.45, 7) is 1.48. The fourth-order valence-corrected chi connectivity index (χ4v) is 5.52. The van der Waals surface area contributed by atoms with Gasteiger partial charge < -0.3 is 25.4 Å². The summed E-state index contributed by atoms with van der Waals surface area (Å²) in [5.74, 6) is 1.63. The molecule has 3 heterocycles. The maximum Gasteiger partial charge on any atom is 0.242 e. The molecule has 0 spiro atoms. The molecular formula is C27H34N4O4. The highest BCUT2D eigenvalue weighted by molar-refractivity contribution is 5.88. The third-order valence-corrected chi connectivity index (χ3v) is 7.60. The number of fused-ring (bicyclic) bond motifs is 1. The minimum Gasteiger partial charge on any atom is -0.454 e. The van der Waals surface area contributed by atoms with Crippen molar-refractivity contribution in [2.75, 3.05) is 19.9 Å². The van der Waals surface area contributed by atoms with Crippen molar-refractivity contribution in [2.45, 2.75) is 62.9 Å². The maximum atomic E-state index is 13.5. The number of carbonyl (C=O) groups excluding carboxylic acids is 2. The molecule has 2 aliphatic heterocycles. The first-order chi connectivity index (χ1) is 17.1. The van der Waals surface area contributed by atoms with Crippen LogP contribution in [0, 0.1) is 5.92 Å². The fourth-order valence-electron chi connectivity index (χ4n) is 5.52. The molecule has 8 heteroatoms. The molecule has 5 rings (SSSR count). The van der Waals surface area contributed by atoms with E-state index in [1.54, 1.807) is 17.3 Å². The van der Waals surface area contributed by atoms with Crippen molar-refractivity contribution in [1.29, 1.82) is 0 Å². The molecule has 186 valence electrons. The minimum absolute atomic E-state index is 0.0159. The Labute approximate surface area is 206 Å². The molecule has 2 amide bonds. The largest absolute Gasteiger partial charge is 0.454 e. The van der Waals surface area contributed by atoms with Crippen LogP contribution in [0.15, 0.2) is 42.7 Å². The predicted molar refractivity (Wildman–Crippen MR) is 131 cm³/mol. The summed E-state index contributed by atoms with van der Waals surface area (Å²) in [7, 11) is 0. The monoisotopic (exact) mass is 478 g/mol. The number of nitrogens with two attached hydrogens (primary N) is 1. The van der Waals surface area contributed by atoms with Gasteiger partial charge in [-0.1, -0.05) is 12.1 Å². The van der Waals surface area contributed by atoms with Gasteiger partial charge in [-0.05, 0) is 73.8 Å². The lowest BCUT2D eigenvalue weighted by molar-refractivity contribution is -0.138.